The number of fused-ring (bicyclic) bond motifs is 1. The van der Waals surface area contributed by atoms with Crippen LogP contribution in [0.2, 0.25) is 0 Å². The van der Waals surface area contributed by atoms with Gasteiger partial charge in [0.2, 0.25) is 0 Å². The minimum absolute atomic E-state index is 0.0801. The molecule has 3 aromatic rings. The molecule has 0 fully saturated rings. The van der Waals surface area contributed by atoms with Crippen LogP contribution >= 0.6 is 11.3 Å². The number of hydrogen-bond donors (Lipinski definition) is 0. The lowest BCUT2D eigenvalue weighted by atomic mass is 10.2. The first-order valence-corrected chi connectivity index (χ1v) is 6.45. The Kier molecular flexibility index (Phi) is 2.37. The molecule has 0 saturated heterocycles. The summed E-state index contributed by atoms with van der Waals surface area (Å²) in [7, 11) is 0. The first kappa shape index (κ1) is 10.4. The van der Waals surface area contributed by atoms with Gasteiger partial charge < -0.3 is 0 Å². The number of para-hydroxylation sites is 1. The zero-order valence-electron chi connectivity index (χ0n) is 9.46. The van der Waals surface area contributed by atoms with Crippen LogP contribution in [0.1, 0.15) is 6.92 Å². The molecule has 0 aliphatic rings. The van der Waals surface area contributed by atoms with Gasteiger partial charge in [-0.1, -0.05) is 12.1 Å². The molecular weight excluding hydrogens is 232 g/mol. The van der Waals surface area contributed by atoms with Crippen molar-refractivity contribution in [3.8, 4) is 5.00 Å². The summed E-state index contributed by atoms with van der Waals surface area (Å²) in [6.07, 6.45) is 0. The number of benzene rings is 1. The van der Waals surface area contributed by atoms with Crippen LogP contribution in [0.25, 0.3) is 15.9 Å². The van der Waals surface area contributed by atoms with Gasteiger partial charge in [-0.05, 0) is 36.6 Å². The summed E-state index contributed by atoms with van der Waals surface area (Å²) in [5.41, 5.74) is 1.05. The van der Waals surface area contributed by atoms with E-state index in [2.05, 4.69) is 0 Å². The van der Waals surface area contributed by atoms with Crippen molar-refractivity contribution in [3.05, 3.63) is 52.1 Å². The molecule has 0 radical (unpaired) electrons. The Morgan fingerprint density at radius 3 is 2.71 bits per heavy atom. The highest BCUT2D eigenvalue weighted by molar-refractivity contribution is 7.12. The van der Waals surface area contributed by atoms with Gasteiger partial charge in [0.25, 0.3) is 5.56 Å². The number of nitrogens with zero attached hydrogens (tertiary/aromatic N) is 2. The number of hydrogen-bond acceptors (Lipinski definition) is 2. The van der Waals surface area contributed by atoms with E-state index >= 15 is 0 Å². The standard InChI is InChI=1S/C13H12N2OS/c1-2-14-13(16)10-6-3-4-7-11(10)15(14)12-8-5-9-17-12/h3-9H,2H2,1H3. The van der Waals surface area contributed by atoms with Crippen molar-refractivity contribution in [1.82, 2.24) is 9.36 Å². The minimum atomic E-state index is 0.0801. The molecule has 0 aliphatic heterocycles. The monoisotopic (exact) mass is 244 g/mol. The van der Waals surface area contributed by atoms with Crippen molar-refractivity contribution in [3.63, 3.8) is 0 Å². The van der Waals surface area contributed by atoms with Crippen molar-refractivity contribution in [2.45, 2.75) is 13.5 Å². The van der Waals surface area contributed by atoms with Gasteiger partial charge in [-0.15, -0.1) is 11.3 Å². The second-order valence-corrected chi connectivity index (χ2v) is 4.73. The molecule has 3 nitrogen and oxygen atoms in total. The van der Waals surface area contributed by atoms with Crippen LogP contribution in [0.3, 0.4) is 0 Å². The summed E-state index contributed by atoms with van der Waals surface area (Å²) < 4.78 is 3.78. The van der Waals surface area contributed by atoms with E-state index in [1.807, 2.05) is 53.4 Å². The molecule has 0 N–H and O–H groups in total. The second-order valence-electron chi connectivity index (χ2n) is 3.80. The molecule has 0 aliphatic carbocycles. The molecule has 3 rings (SSSR count). The normalized spacial score (nSPS) is 11.1. The molecular formula is C13H12N2OS. The van der Waals surface area contributed by atoms with Crippen LogP contribution in [0.15, 0.2) is 46.6 Å². The summed E-state index contributed by atoms with van der Waals surface area (Å²) in [6, 6.07) is 11.8. The van der Waals surface area contributed by atoms with E-state index in [4.69, 9.17) is 0 Å². The van der Waals surface area contributed by atoms with E-state index in [1.54, 1.807) is 16.0 Å². The highest BCUT2D eigenvalue weighted by Gasteiger charge is 2.12. The van der Waals surface area contributed by atoms with Crippen molar-refractivity contribution in [1.29, 1.82) is 0 Å². The van der Waals surface area contributed by atoms with Crippen molar-refractivity contribution >= 4 is 22.2 Å². The lowest BCUT2D eigenvalue weighted by Gasteiger charge is -2.08. The zero-order chi connectivity index (χ0) is 11.8. The fourth-order valence-corrected chi connectivity index (χ4v) is 2.86. The molecule has 0 bridgehead atoms. The molecule has 86 valence electrons. The van der Waals surface area contributed by atoms with Gasteiger partial charge >= 0.3 is 0 Å². The summed E-state index contributed by atoms with van der Waals surface area (Å²) in [5, 5.41) is 3.88. The molecule has 4 heteroatoms. The van der Waals surface area contributed by atoms with E-state index in [-0.39, 0.29) is 5.56 Å². The molecule has 2 aromatic heterocycles. The number of thiophene rings is 1. The Hall–Kier alpha value is -1.81. The van der Waals surface area contributed by atoms with E-state index in [0.29, 0.717) is 6.54 Å². The molecule has 2 heterocycles. The van der Waals surface area contributed by atoms with Crippen molar-refractivity contribution in [2.75, 3.05) is 0 Å². The van der Waals surface area contributed by atoms with E-state index < -0.39 is 0 Å². The summed E-state index contributed by atoms with van der Waals surface area (Å²) in [4.78, 5) is 12.2. The van der Waals surface area contributed by atoms with Crippen LogP contribution in [0.5, 0.6) is 0 Å². The van der Waals surface area contributed by atoms with Gasteiger partial charge in [-0.2, -0.15) is 0 Å². The third-order valence-corrected chi connectivity index (χ3v) is 3.70. The first-order valence-electron chi connectivity index (χ1n) is 5.57. The molecule has 0 unspecified atom stereocenters. The van der Waals surface area contributed by atoms with Gasteiger partial charge in [0.1, 0.15) is 5.00 Å². The van der Waals surface area contributed by atoms with Gasteiger partial charge in [-0.3, -0.25) is 4.79 Å². The van der Waals surface area contributed by atoms with Gasteiger partial charge in [-0.25, -0.2) is 9.36 Å². The lowest BCUT2D eigenvalue weighted by Crippen LogP contribution is -2.20. The van der Waals surface area contributed by atoms with Crippen LogP contribution in [0.4, 0.5) is 0 Å². The second kappa shape index (κ2) is 3.89. The maximum atomic E-state index is 12.2. The lowest BCUT2D eigenvalue weighted by molar-refractivity contribution is 0.582. The van der Waals surface area contributed by atoms with Gasteiger partial charge in [0.15, 0.2) is 0 Å². The van der Waals surface area contributed by atoms with Gasteiger partial charge in [0, 0.05) is 6.54 Å². The average molecular weight is 244 g/mol. The fourth-order valence-electron chi connectivity index (χ4n) is 2.11. The molecule has 1 aromatic carbocycles. The van der Waals surface area contributed by atoms with Crippen LogP contribution in [-0.2, 0) is 6.54 Å². The maximum absolute atomic E-state index is 12.2. The predicted octanol–water partition coefficient (Wildman–Crippen LogP) is 2.87. The zero-order valence-corrected chi connectivity index (χ0v) is 10.3. The highest BCUT2D eigenvalue weighted by Crippen LogP contribution is 2.20. The minimum Gasteiger partial charge on any atom is -0.267 e. The smallest absolute Gasteiger partial charge is 0.267 e. The predicted molar refractivity (Wildman–Crippen MR) is 71.1 cm³/mol. The van der Waals surface area contributed by atoms with Crippen molar-refractivity contribution < 1.29 is 0 Å². The Morgan fingerprint density at radius 2 is 2.00 bits per heavy atom. The van der Waals surface area contributed by atoms with E-state index in [9.17, 15) is 4.79 Å². The number of aromatic nitrogens is 2. The molecule has 0 spiro atoms. The van der Waals surface area contributed by atoms with Crippen LogP contribution in [0, 0.1) is 0 Å². The van der Waals surface area contributed by atoms with E-state index in [1.165, 1.54) is 0 Å². The highest BCUT2D eigenvalue weighted by atomic mass is 32.1. The van der Waals surface area contributed by atoms with Crippen LogP contribution in [-0.4, -0.2) is 9.36 Å². The first-order chi connectivity index (χ1) is 8.33. The Morgan fingerprint density at radius 1 is 1.18 bits per heavy atom. The third-order valence-electron chi connectivity index (χ3n) is 2.85. The maximum Gasteiger partial charge on any atom is 0.274 e. The van der Waals surface area contributed by atoms with Gasteiger partial charge in [0.05, 0.1) is 10.9 Å². The third kappa shape index (κ3) is 1.45. The van der Waals surface area contributed by atoms with Crippen LogP contribution < -0.4 is 5.56 Å². The molecule has 0 amide bonds. The van der Waals surface area contributed by atoms with Crippen molar-refractivity contribution in [2.24, 2.45) is 0 Å². The fraction of sp³-hybridized carbons (Fsp3) is 0.154. The summed E-state index contributed by atoms with van der Waals surface area (Å²) in [5.74, 6) is 0. The Balaban J connectivity index is 2.47. The molecule has 0 atom stereocenters. The molecule has 17 heavy (non-hydrogen) atoms. The largest absolute Gasteiger partial charge is 0.274 e. The van der Waals surface area contributed by atoms with E-state index in [0.717, 1.165) is 15.9 Å². The number of rotatable bonds is 2. The SMILES string of the molecule is CCn1c(=O)c2ccccc2n1-c1cccs1. The Labute approximate surface area is 103 Å². The summed E-state index contributed by atoms with van der Waals surface area (Å²) >= 11 is 1.64. The summed E-state index contributed by atoms with van der Waals surface area (Å²) in [6.45, 7) is 2.66. The topological polar surface area (TPSA) is 26.9 Å². The average Bonchev–Trinajstić information content (AvgIpc) is 2.96. The Bertz CT molecular complexity index is 707. The molecule has 0 saturated carbocycles. The quantitative estimate of drug-likeness (QED) is 0.681.